The molecule has 51 valence electrons. The lowest BCUT2D eigenvalue weighted by Crippen LogP contribution is -2.28. The Bertz CT molecular complexity index is 113. The topological polar surface area (TPSA) is 69.4 Å². The molecule has 0 spiro atoms. The highest BCUT2D eigenvalue weighted by Crippen LogP contribution is 1.77. The smallest absolute Gasteiger partial charge is 0.302 e. The fraction of sp³-hybridized carbons (Fsp3) is 0.600. The van der Waals surface area contributed by atoms with Gasteiger partial charge in [-0.25, -0.2) is 0 Å². The maximum atomic E-state index is 10.1. The predicted octanol–water partition coefficient (Wildman–Crippen LogP) is -1.01. The van der Waals surface area contributed by atoms with Crippen molar-refractivity contribution in [3.63, 3.8) is 0 Å². The Labute approximate surface area is 53.0 Å². The molecule has 0 fully saturated rings. The van der Waals surface area contributed by atoms with Crippen LogP contribution in [-0.4, -0.2) is 24.9 Å². The quantitative estimate of drug-likeness (QED) is 0.497. The first kappa shape index (κ1) is 8.10. The Balaban J connectivity index is 3.26. The van der Waals surface area contributed by atoms with Gasteiger partial charge in [0.1, 0.15) is 12.6 Å². The normalized spacial score (nSPS) is 12.2. The zero-order valence-corrected chi connectivity index (χ0v) is 5.09. The van der Waals surface area contributed by atoms with Crippen LogP contribution in [0.4, 0.5) is 0 Å². The average Bonchev–Trinajstić information content (AvgIpc) is 1.83. The highest BCUT2D eigenvalue weighted by atomic mass is 16.5. The highest BCUT2D eigenvalue weighted by molar-refractivity contribution is 5.66. The van der Waals surface area contributed by atoms with E-state index in [-0.39, 0.29) is 6.61 Å². The standard InChI is InChI=1S/C5H8NO3/c1-4(8)9-3-5(6)2-7/h5H,3,6H2,1H3/t5-/m0/s1. The third-order valence-corrected chi connectivity index (χ3v) is 0.618. The van der Waals surface area contributed by atoms with Crippen molar-refractivity contribution in [1.82, 2.24) is 0 Å². The molecule has 0 amide bonds. The van der Waals surface area contributed by atoms with E-state index in [9.17, 15) is 9.59 Å². The van der Waals surface area contributed by atoms with Gasteiger partial charge in [-0.05, 0) is 0 Å². The van der Waals surface area contributed by atoms with Crippen LogP contribution in [0, 0.1) is 0 Å². The maximum absolute atomic E-state index is 10.1. The third kappa shape index (κ3) is 4.96. The van der Waals surface area contributed by atoms with E-state index in [4.69, 9.17) is 5.73 Å². The fourth-order valence-corrected chi connectivity index (χ4v) is 0.241. The highest BCUT2D eigenvalue weighted by Gasteiger charge is 2.01. The van der Waals surface area contributed by atoms with Crippen LogP contribution < -0.4 is 5.73 Å². The van der Waals surface area contributed by atoms with Gasteiger partial charge in [0, 0.05) is 6.92 Å². The minimum atomic E-state index is -0.811. The lowest BCUT2D eigenvalue weighted by Gasteiger charge is -2.01. The molecule has 0 saturated carbocycles. The van der Waals surface area contributed by atoms with Crippen molar-refractivity contribution in [2.45, 2.75) is 13.0 Å². The van der Waals surface area contributed by atoms with E-state index < -0.39 is 12.0 Å². The van der Waals surface area contributed by atoms with E-state index in [1.807, 2.05) is 0 Å². The average molecular weight is 130 g/mol. The largest absolute Gasteiger partial charge is 0.464 e. The molecule has 0 rings (SSSR count). The van der Waals surface area contributed by atoms with Gasteiger partial charge in [0.25, 0.3) is 0 Å². The predicted molar refractivity (Wildman–Crippen MR) is 30.3 cm³/mol. The SMILES string of the molecule is CC(=O)OC[C@@H](N)[C]=O. The van der Waals surface area contributed by atoms with Crippen LogP contribution >= 0.6 is 0 Å². The van der Waals surface area contributed by atoms with E-state index in [0.717, 1.165) is 0 Å². The van der Waals surface area contributed by atoms with Crippen molar-refractivity contribution in [2.75, 3.05) is 6.61 Å². The lowest BCUT2D eigenvalue weighted by atomic mass is 10.4. The Morgan fingerprint density at radius 1 is 1.89 bits per heavy atom. The van der Waals surface area contributed by atoms with Gasteiger partial charge in [-0.1, -0.05) is 0 Å². The second-order valence-electron chi connectivity index (χ2n) is 1.53. The summed E-state index contributed by atoms with van der Waals surface area (Å²) in [6.07, 6.45) is 1.47. The van der Waals surface area contributed by atoms with Crippen molar-refractivity contribution < 1.29 is 14.3 Å². The molecule has 0 aromatic rings. The Kier molecular flexibility index (Phi) is 3.62. The van der Waals surface area contributed by atoms with Crippen molar-refractivity contribution in [1.29, 1.82) is 0 Å². The summed E-state index contributed by atoms with van der Waals surface area (Å²) >= 11 is 0. The molecule has 0 aliphatic rings. The summed E-state index contributed by atoms with van der Waals surface area (Å²) in [5, 5.41) is 0. The van der Waals surface area contributed by atoms with Crippen LogP contribution in [0.1, 0.15) is 6.92 Å². The van der Waals surface area contributed by atoms with Gasteiger partial charge in [0.2, 0.25) is 6.29 Å². The van der Waals surface area contributed by atoms with Gasteiger partial charge in [-0.3, -0.25) is 9.59 Å². The van der Waals surface area contributed by atoms with Crippen LogP contribution in [0.15, 0.2) is 0 Å². The van der Waals surface area contributed by atoms with E-state index in [0.29, 0.717) is 0 Å². The van der Waals surface area contributed by atoms with E-state index in [1.165, 1.54) is 13.2 Å². The number of hydrogen-bond donors (Lipinski definition) is 1. The number of carbonyl (C=O) groups is 1. The van der Waals surface area contributed by atoms with Gasteiger partial charge in [-0.2, -0.15) is 0 Å². The Morgan fingerprint density at radius 2 is 2.44 bits per heavy atom. The van der Waals surface area contributed by atoms with Crippen LogP contribution in [0.3, 0.4) is 0 Å². The van der Waals surface area contributed by atoms with Crippen LogP contribution in [0.5, 0.6) is 0 Å². The molecule has 0 saturated heterocycles. The molecule has 0 aliphatic carbocycles. The number of rotatable bonds is 3. The Hall–Kier alpha value is -0.900. The van der Waals surface area contributed by atoms with Gasteiger partial charge in [0.15, 0.2) is 0 Å². The second-order valence-corrected chi connectivity index (χ2v) is 1.53. The summed E-state index contributed by atoms with van der Waals surface area (Å²) in [5.74, 6) is -0.444. The molecule has 2 N–H and O–H groups in total. The molecule has 0 heterocycles. The molecular formula is C5H8NO3. The van der Waals surface area contributed by atoms with Crippen LogP contribution in [-0.2, 0) is 14.3 Å². The molecule has 0 aromatic carbocycles. The van der Waals surface area contributed by atoms with Gasteiger partial charge < -0.3 is 10.5 Å². The van der Waals surface area contributed by atoms with E-state index in [1.54, 1.807) is 0 Å². The second kappa shape index (κ2) is 4.03. The van der Waals surface area contributed by atoms with Gasteiger partial charge in [-0.15, -0.1) is 0 Å². The first-order valence-electron chi connectivity index (χ1n) is 2.43. The van der Waals surface area contributed by atoms with Crippen molar-refractivity contribution in [3.05, 3.63) is 0 Å². The Morgan fingerprint density at radius 3 is 2.78 bits per heavy atom. The van der Waals surface area contributed by atoms with E-state index in [2.05, 4.69) is 4.74 Å². The monoisotopic (exact) mass is 130 g/mol. The molecule has 1 atom stereocenters. The molecule has 0 bridgehead atoms. The zero-order chi connectivity index (χ0) is 7.28. The third-order valence-electron chi connectivity index (χ3n) is 0.618. The zero-order valence-electron chi connectivity index (χ0n) is 5.09. The van der Waals surface area contributed by atoms with Crippen LogP contribution in [0.2, 0.25) is 0 Å². The van der Waals surface area contributed by atoms with Gasteiger partial charge in [0.05, 0.1) is 0 Å². The number of ether oxygens (including phenoxy) is 1. The van der Waals surface area contributed by atoms with Crippen molar-refractivity contribution >= 4 is 12.3 Å². The molecular weight excluding hydrogens is 122 g/mol. The number of hydrogen-bond acceptors (Lipinski definition) is 4. The molecule has 4 heteroatoms. The molecule has 0 aliphatic heterocycles. The minimum Gasteiger partial charge on any atom is -0.464 e. The summed E-state index contributed by atoms with van der Waals surface area (Å²) in [4.78, 5) is 19.7. The molecule has 0 aromatic heterocycles. The first-order chi connectivity index (χ1) is 4.16. The fourth-order valence-electron chi connectivity index (χ4n) is 0.241. The summed E-state index contributed by atoms with van der Waals surface area (Å²) in [5.41, 5.74) is 5.02. The van der Waals surface area contributed by atoms with Crippen molar-refractivity contribution in [2.24, 2.45) is 5.73 Å². The van der Waals surface area contributed by atoms with Crippen LogP contribution in [0.25, 0.3) is 0 Å². The molecule has 4 nitrogen and oxygen atoms in total. The minimum absolute atomic E-state index is 0.0845. The summed E-state index contributed by atoms with van der Waals surface area (Å²) in [6, 6.07) is -0.811. The summed E-state index contributed by atoms with van der Waals surface area (Å²) in [6.45, 7) is 1.16. The van der Waals surface area contributed by atoms with Gasteiger partial charge >= 0.3 is 5.97 Å². The lowest BCUT2D eigenvalue weighted by molar-refractivity contribution is -0.140. The molecule has 1 radical (unpaired) electrons. The number of esters is 1. The summed E-state index contributed by atoms with van der Waals surface area (Å²) < 4.78 is 4.37. The van der Waals surface area contributed by atoms with E-state index >= 15 is 0 Å². The summed E-state index contributed by atoms with van der Waals surface area (Å²) in [7, 11) is 0. The number of carbonyl (C=O) groups excluding carboxylic acids is 2. The molecule has 0 unspecified atom stereocenters. The first-order valence-corrected chi connectivity index (χ1v) is 2.43. The van der Waals surface area contributed by atoms with Crippen molar-refractivity contribution in [3.8, 4) is 0 Å². The molecule has 9 heavy (non-hydrogen) atoms. The maximum Gasteiger partial charge on any atom is 0.302 e. The number of nitrogens with two attached hydrogens (primary N) is 1.